The SMILES string of the molecule is Cc1cc(NC(=S)Nc2ccccc2)nn1Cc1ccc(Cl)cc1Cl. The van der Waals surface area contributed by atoms with Gasteiger partial charge in [-0.1, -0.05) is 47.5 Å². The number of para-hydroxylation sites is 1. The first kappa shape index (κ1) is 17.7. The summed E-state index contributed by atoms with van der Waals surface area (Å²) in [6, 6.07) is 17.1. The van der Waals surface area contributed by atoms with E-state index in [-0.39, 0.29) is 0 Å². The molecule has 0 spiro atoms. The van der Waals surface area contributed by atoms with E-state index in [0.717, 1.165) is 16.9 Å². The molecule has 3 aromatic rings. The molecule has 0 aliphatic rings. The molecule has 0 saturated carbocycles. The molecule has 0 fully saturated rings. The third kappa shape index (κ3) is 4.72. The van der Waals surface area contributed by atoms with E-state index in [2.05, 4.69) is 15.7 Å². The van der Waals surface area contributed by atoms with E-state index < -0.39 is 0 Å². The Morgan fingerprint density at radius 2 is 1.84 bits per heavy atom. The molecule has 128 valence electrons. The van der Waals surface area contributed by atoms with Crippen LogP contribution in [0.3, 0.4) is 0 Å². The Labute approximate surface area is 161 Å². The zero-order chi connectivity index (χ0) is 17.8. The van der Waals surface area contributed by atoms with Crippen LogP contribution < -0.4 is 10.6 Å². The second-order valence-corrected chi connectivity index (χ2v) is 6.76. The second kappa shape index (κ2) is 7.87. The summed E-state index contributed by atoms with van der Waals surface area (Å²) in [5, 5.41) is 12.5. The maximum atomic E-state index is 6.24. The van der Waals surface area contributed by atoms with Crippen molar-refractivity contribution in [1.29, 1.82) is 0 Å². The highest BCUT2D eigenvalue weighted by Gasteiger charge is 2.09. The molecule has 0 saturated heterocycles. The van der Waals surface area contributed by atoms with E-state index in [9.17, 15) is 0 Å². The molecule has 0 bridgehead atoms. The number of rotatable bonds is 4. The Morgan fingerprint density at radius 3 is 2.56 bits per heavy atom. The number of nitrogens with zero attached hydrogens (tertiary/aromatic N) is 2. The monoisotopic (exact) mass is 390 g/mol. The average Bonchev–Trinajstić information content (AvgIpc) is 2.90. The van der Waals surface area contributed by atoms with Gasteiger partial charge in [0.25, 0.3) is 0 Å². The summed E-state index contributed by atoms with van der Waals surface area (Å²) in [7, 11) is 0. The Hall–Kier alpha value is -2.08. The van der Waals surface area contributed by atoms with Crippen molar-refractivity contribution in [1.82, 2.24) is 9.78 Å². The van der Waals surface area contributed by atoms with Crippen LogP contribution in [-0.2, 0) is 6.54 Å². The molecule has 0 amide bonds. The fraction of sp³-hybridized carbons (Fsp3) is 0.111. The van der Waals surface area contributed by atoms with E-state index >= 15 is 0 Å². The van der Waals surface area contributed by atoms with E-state index in [4.69, 9.17) is 35.4 Å². The van der Waals surface area contributed by atoms with Gasteiger partial charge < -0.3 is 10.6 Å². The van der Waals surface area contributed by atoms with Crippen LogP contribution in [0, 0.1) is 6.92 Å². The largest absolute Gasteiger partial charge is 0.332 e. The van der Waals surface area contributed by atoms with Gasteiger partial charge in [-0.05, 0) is 49.0 Å². The van der Waals surface area contributed by atoms with Gasteiger partial charge in [-0.25, -0.2) is 0 Å². The van der Waals surface area contributed by atoms with E-state index in [1.165, 1.54) is 0 Å². The van der Waals surface area contributed by atoms with E-state index in [1.54, 1.807) is 6.07 Å². The highest BCUT2D eigenvalue weighted by molar-refractivity contribution is 7.80. The molecule has 1 aromatic heterocycles. The van der Waals surface area contributed by atoms with Crippen molar-refractivity contribution in [3.8, 4) is 0 Å². The topological polar surface area (TPSA) is 41.9 Å². The van der Waals surface area contributed by atoms with Gasteiger partial charge in [0, 0.05) is 27.5 Å². The van der Waals surface area contributed by atoms with Crippen LogP contribution in [0.25, 0.3) is 0 Å². The van der Waals surface area contributed by atoms with Gasteiger partial charge in [0.05, 0.1) is 6.54 Å². The molecular formula is C18H16Cl2N4S. The van der Waals surface area contributed by atoms with Crippen molar-refractivity contribution in [3.05, 3.63) is 75.9 Å². The number of halogens is 2. The van der Waals surface area contributed by atoms with Crippen molar-refractivity contribution >= 4 is 52.0 Å². The first-order valence-electron chi connectivity index (χ1n) is 7.63. The third-order valence-electron chi connectivity index (χ3n) is 3.59. The summed E-state index contributed by atoms with van der Waals surface area (Å²) < 4.78 is 1.86. The minimum Gasteiger partial charge on any atom is -0.332 e. The van der Waals surface area contributed by atoms with Crippen LogP contribution in [-0.4, -0.2) is 14.9 Å². The summed E-state index contributed by atoms with van der Waals surface area (Å²) in [6.07, 6.45) is 0. The molecule has 4 nitrogen and oxygen atoms in total. The number of thiocarbonyl (C=S) groups is 1. The van der Waals surface area contributed by atoms with Crippen molar-refractivity contribution < 1.29 is 0 Å². The standard InChI is InChI=1S/C18H16Cl2N4S/c1-12-9-17(22-18(25)21-15-5-3-2-4-6-15)23-24(12)11-13-7-8-14(19)10-16(13)20/h2-10H,11H2,1H3,(H2,21,22,23,25). The molecule has 2 N–H and O–H groups in total. The van der Waals surface area contributed by atoms with Gasteiger partial charge in [-0.2, -0.15) is 5.10 Å². The second-order valence-electron chi connectivity index (χ2n) is 5.51. The number of nitrogens with one attached hydrogen (secondary N) is 2. The molecule has 2 aromatic carbocycles. The molecule has 7 heteroatoms. The zero-order valence-corrected chi connectivity index (χ0v) is 15.8. The zero-order valence-electron chi connectivity index (χ0n) is 13.5. The van der Waals surface area contributed by atoms with Gasteiger partial charge in [0.1, 0.15) is 0 Å². The number of hydrogen-bond acceptors (Lipinski definition) is 2. The van der Waals surface area contributed by atoms with Gasteiger partial charge in [-0.3, -0.25) is 4.68 Å². The number of benzene rings is 2. The van der Waals surface area contributed by atoms with Crippen LogP contribution >= 0.6 is 35.4 Å². The quantitative estimate of drug-likeness (QED) is 0.588. The van der Waals surface area contributed by atoms with Crippen LogP contribution in [0.5, 0.6) is 0 Å². The van der Waals surface area contributed by atoms with E-state index in [1.807, 2.05) is 60.1 Å². The normalized spacial score (nSPS) is 10.5. The van der Waals surface area contributed by atoms with Gasteiger partial charge in [0.2, 0.25) is 0 Å². The highest BCUT2D eigenvalue weighted by atomic mass is 35.5. The van der Waals surface area contributed by atoms with Gasteiger partial charge in [-0.15, -0.1) is 0 Å². The first-order valence-corrected chi connectivity index (χ1v) is 8.79. The Balaban J connectivity index is 1.68. The smallest absolute Gasteiger partial charge is 0.176 e. The van der Waals surface area contributed by atoms with Crippen molar-refractivity contribution in [3.63, 3.8) is 0 Å². The van der Waals surface area contributed by atoms with Gasteiger partial charge >= 0.3 is 0 Å². The van der Waals surface area contributed by atoms with Crippen molar-refractivity contribution in [2.45, 2.75) is 13.5 Å². The van der Waals surface area contributed by atoms with Crippen molar-refractivity contribution in [2.75, 3.05) is 10.6 Å². The summed E-state index contributed by atoms with van der Waals surface area (Å²) in [4.78, 5) is 0. The Bertz CT molecular complexity index is 893. The lowest BCUT2D eigenvalue weighted by atomic mass is 10.2. The minimum absolute atomic E-state index is 0.486. The molecular weight excluding hydrogens is 375 g/mol. The van der Waals surface area contributed by atoms with Crippen molar-refractivity contribution in [2.24, 2.45) is 0 Å². The number of anilines is 2. The van der Waals surface area contributed by atoms with Gasteiger partial charge in [0.15, 0.2) is 10.9 Å². The molecule has 3 rings (SSSR count). The Kier molecular flexibility index (Phi) is 5.58. The molecule has 0 unspecified atom stereocenters. The predicted octanol–water partition coefficient (Wildman–Crippen LogP) is 5.36. The maximum Gasteiger partial charge on any atom is 0.176 e. The summed E-state index contributed by atoms with van der Waals surface area (Å²) >= 11 is 17.5. The number of hydrogen-bond donors (Lipinski definition) is 2. The molecule has 0 aliphatic heterocycles. The number of aryl methyl sites for hydroxylation is 1. The Morgan fingerprint density at radius 1 is 1.08 bits per heavy atom. The predicted molar refractivity (Wildman–Crippen MR) is 109 cm³/mol. The lowest BCUT2D eigenvalue weighted by molar-refractivity contribution is 0.668. The lowest BCUT2D eigenvalue weighted by Crippen LogP contribution is -2.19. The summed E-state index contributed by atoms with van der Waals surface area (Å²) in [6.45, 7) is 2.54. The number of aromatic nitrogens is 2. The molecule has 1 heterocycles. The minimum atomic E-state index is 0.486. The molecule has 0 radical (unpaired) electrons. The molecule has 25 heavy (non-hydrogen) atoms. The third-order valence-corrected chi connectivity index (χ3v) is 4.38. The van der Waals surface area contributed by atoms with Crippen LogP contribution in [0.4, 0.5) is 11.5 Å². The van der Waals surface area contributed by atoms with E-state index in [0.29, 0.717) is 27.5 Å². The summed E-state index contributed by atoms with van der Waals surface area (Å²) in [5.74, 6) is 0.677. The fourth-order valence-corrected chi connectivity index (χ4v) is 3.03. The molecule has 0 aliphatic carbocycles. The molecule has 0 atom stereocenters. The van der Waals surface area contributed by atoms with Crippen LogP contribution in [0.1, 0.15) is 11.3 Å². The maximum absolute atomic E-state index is 6.24. The highest BCUT2D eigenvalue weighted by Crippen LogP contribution is 2.22. The average molecular weight is 391 g/mol. The van der Waals surface area contributed by atoms with Crippen LogP contribution in [0.2, 0.25) is 10.0 Å². The summed E-state index contributed by atoms with van der Waals surface area (Å²) in [5.41, 5.74) is 2.87. The first-order chi connectivity index (χ1) is 12.0. The van der Waals surface area contributed by atoms with Crippen LogP contribution in [0.15, 0.2) is 54.6 Å². The lowest BCUT2D eigenvalue weighted by Gasteiger charge is -2.09. The fourth-order valence-electron chi connectivity index (χ4n) is 2.34.